The van der Waals surface area contributed by atoms with Crippen molar-refractivity contribution in [2.75, 3.05) is 13.9 Å². The molecule has 2 aromatic rings. The van der Waals surface area contributed by atoms with Gasteiger partial charge in [-0.2, -0.15) is 0 Å². The predicted octanol–water partition coefficient (Wildman–Crippen LogP) is 2.95. The first-order chi connectivity index (χ1) is 9.29. The van der Waals surface area contributed by atoms with Gasteiger partial charge in [-0.1, -0.05) is 30.3 Å². The van der Waals surface area contributed by atoms with Gasteiger partial charge in [-0.3, -0.25) is 0 Å². The fourth-order valence-corrected chi connectivity index (χ4v) is 1.58. The first-order valence-electron chi connectivity index (χ1n) is 6.05. The lowest BCUT2D eigenvalue weighted by Crippen LogP contribution is -2.04. The van der Waals surface area contributed by atoms with Gasteiger partial charge in [-0.15, -0.1) is 0 Å². The summed E-state index contributed by atoms with van der Waals surface area (Å²) in [5.41, 5.74) is 1.97. The summed E-state index contributed by atoms with van der Waals surface area (Å²) < 4.78 is 16.0. The Morgan fingerprint density at radius 1 is 1.00 bits per heavy atom. The molecule has 0 spiro atoms. The number of methoxy groups -OCH3 is 1. The smallest absolute Gasteiger partial charge is 0.257 e. The minimum Gasteiger partial charge on any atom is -0.470 e. The third-order valence-corrected chi connectivity index (χ3v) is 2.52. The number of benzene rings is 1. The molecular formula is C15H17NO3. The van der Waals surface area contributed by atoms with Crippen molar-refractivity contribution >= 4 is 0 Å². The number of aromatic nitrogens is 1. The summed E-state index contributed by atoms with van der Waals surface area (Å²) in [6, 6.07) is 13.6. The van der Waals surface area contributed by atoms with E-state index in [0.29, 0.717) is 18.2 Å². The first kappa shape index (κ1) is 13.4. The number of pyridine rings is 1. The molecule has 1 aromatic carbocycles. The zero-order chi connectivity index (χ0) is 13.5. The SMILES string of the molecule is COCOc1ccc(C)nc1OCc1ccccc1. The third-order valence-electron chi connectivity index (χ3n) is 2.52. The summed E-state index contributed by atoms with van der Waals surface area (Å²) in [5.74, 6) is 1.07. The molecule has 0 saturated carbocycles. The van der Waals surface area contributed by atoms with E-state index in [4.69, 9.17) is 14.2 Å². The van der Waals surface area contributed by atoms with Crippen LogP contribution in [0, 0.1) is 6.92 Å². The third kappa shape index (κ3) is 3.96. The number of nitrogens with zero attached hydrogens (tertiary/aromatic N) is 1. The highest BCUT2D eigenvalue weighted by Crippen LogP contribution is 2.25. The summed E-state index contributed by atoms with van der Waals surface area (Å²) in [6.07, 6.45) is 0. The van der Waals surface area contributed by atoms with Gasteiger partial charge in [-0.05, 0) is 24.6 Å². The maximum absolute atomic E-state index is 5.71. The van der Waals surface area contributed by atoms with Crippen molar-refractivity contribution in [2.24, 2.45) is 0 Å². The van der Waals surface area contributed by atoms with E-state index in [-0.39, 0.29) is 6.79 Å². The van der Waals surface area contributed by atoms with Crippen LogP contribution in [0.1, 0.15) is 11.3 Å². The van der Waals surface area contributed by atoms with E-state index in [2.05, 4.69) is 4.98 Å². The molecule has 19 heavy (non-hydrogen) atoms. The molecule has 0 unspecified atom stereocenters. The summed E-state index contributed by atoms with van der Waals surface area (Å²) >= 11 is 0. The lowest BCUT2D eigenvalue weighted by Gasteiger charge is -2.11. The Balaban J connectivity index is 2.07. The van der Waals surface area contributed by atoms with Crippen molar-refractivity contribution in [3.8, 4) is 11.6 Å². The molecule has 0 radical (unpaired) electrons. The van der Waals surface area contributed by atoms with Crippen LogP contribution in [0.25, 0.3) is 0 Å². The molecule has 0 saturated heterocycles. The number of hydrogen-bond acceptors (Lipinski definition) is 4. The largest absolute Gasteiger partial charge is 0.470 e. The minimum absolute atomic E-state index is 0.173. The van der Waals surface area contributed by atoms with E-state index in [1.807, 2.05) is 49.4 Å². The highest BCUT2D eigenvalue weighted by Gasteiger charge is 2.07. The Kier molecular flexibility index (Phi) is 4.75. The fraction of sp³-hybridized carbons (Fsp3) is 0.267. The van der Waals surface area contributed by atoms with Crippen molar-refractivity contribution in [3.63, 3.8) is 0 Å². The Morgan fingerprint density at radius 2 is 1.79 bits per heavy atom. The van der Waals surface area contributed by atoms with Gasteiger partial charge in [0.25, 0.3) is 5.88 Å². The second-order valence-corrected chi connectivity index (χ2v) is 4.08. The molecule has 0 aliphatic carbocycles. The zero-order valence-electron chi connectivity index (χ0n) is 11.1. The molecule has 2 rings (SSSR count). The Bertz CT molecular complexity index is 514. The van der Waals surface area contributed by atoms with Crippen LogP contribution in [0.15, 0.2) is 42.5 Å². The van der Waals surface area contributed by atoms with Gasteiger partial charge in [0, 0.05) is 12.8 Å². The van der Waals surface area contributed by atoms with Crippen molar-refractivity contribution < 1.29 is 14.2 Å². The van der Waals surface area contributed by atoms with Gasteiger partial charge >= 0.3 is 0 Å². The fourth-order valence-electron chi connectivity index (χ4n) is 1.58. The molecule has 0 N–H and O–H groups in total. The van der Waals surface area contributed by atoms with Crippen LogP contribution in [0.4, 0.5) is 0 Å². The quantitative estimate of drug-likeness (QED) is 0.748. The minimum atomic E-state index is 0.173. The first-order valence-corrected chi connectivity index (χ1v) is 6.05. The Labute approximate surface area is 113 Å². The number of ether oxygens (including phenoxy) is 3. The summed E-state index contributed by atoms with van der Waals surface area (Å²) in [7, 11) is 1.58. The van der Waals surface area contributed by atoms with Crippen molar-refractivity contribution in [2.45, 2.75) is 13.5 Å². The standard InChI is InChI=1S/C15H17NO3/c1-12-8-9-14(19-11-17-2)15(16-12)18-10-13-6-4-3-5-7-13/h3-9H,10-11H2,1-2H3. The summed E-state index contributed by atoms with van der Waals surface area (Å²) in [4.78, 5) is 4.34. The van der Waals surface area contributed by atoms with Gasteiger partial charge < -0.3 is 14.2 Å². The average molecular weight is 259 g/mol. The molecule has 1 aromatic heterocycles. The van der Waals surface area contributed by atoms with Crippen LogP contribution in [0.3, 0.4) is 0 Å². The van der Waals surface area contributed by atoms with Crippen LogP contribution < -0.4 is 9.47 Å². The van der Waals surface area contributed by atoms with E-state index in [1.165, 1.54) is 0 Å². The Morgan fingerprint density at radius 3 is 2.53 bits per heavy atom. The lowest BCUT2D eigenvalue weighted by atomic mass is 10.2. The van der Waals surface area contributed by atoms with Gasteiger partial charge in [0.1, 0.15) is 6.61 Å². The van der Waals surface area contributed by atoms with Crippen molar-refractivity contribution in [3.05, 3.63) is 53.7 Å². The highest BCUT2D eigenvalue weighted by molar-refractivity contribution is 5.34. The highest BCUT2D eigenvalue weighted by atomic mass is 16.7. The van der Waals surface area contributed by atoms with Crippen molar-refractivity contribution in [1.29, 1.82) is 0 Å². The Hall–Kier alpha value is -2.07. The van der Waals surface area contributed by atoms with E-state index in [9.17, 15) is 0 Å². The van der Waals surface area contributed by atoms with E-state index in [1.54, 1.807) is 7.11 Å². The van der Waals surface area contributed by atoms with Gasteiger partial charge in [0.2, 0.25) is 0 Å². The van der Waals surface area contributed by atoms with Gasteiger partial charge in [0.15, 0.2) is 12.5 Å². The van der Waals surface area contributed by atoms with Crippen molar-refractivity contribution in [1.82, 2.24) is 4.98 Å². The van der Waals surface area contributed by atoms with Crippen LogP contribution in [-0.4, -0.2) is 18.9 Å². The topological polar surface area (TPSA) is 40.6 Å². The monoisotopic (exact) mass is 259 g/mol. The molecule has 0 bridgehead atoms. The zero-order valence-corrected chi connectivity index (χ0v) is 11.1. The molecule has 0 aliphatic rings. The second-order valence-electron chi connectivity index (χ2n) is 4.08. The maximum atomic E-state index is 5.71. The molecule has 100 valence electrons. The van der Waals surface area contributed by atoms with E-state index < -0.39 is 0 Å². The summed E-state index contributed by atoms with van der Waals surface area (Å²) in [5, 5.41) is 0. The van der Waals surface area contributed by atoms with Gasteiger partial charge in [0.05, 0.1) is 0 Å². The predicted molar refractivity (Wildman–Crippen MR) is 72.3 cm³/mol. The number of rotatable bonds is 6. The lowest BCUT2D eigenvalue weighted by molar-refractivity contribution is 0.0477. The maximum Gasteiger partial charge on any atom is 0.257 e. The number of hydrogen-bond donors (Lipinski definition) is 0. The molecule has 1 heterocycles. The molecule has 0 fully saturated rings. The van der Waals surface area contributed by atoms with Crippen LogP contribution in [0.2, 0.25) is 0 Å². The van der Waals surface area contributed by atoms with Crippen LogP contribution in [0.5, 0.6) is 11.6 Å². The summed E-state index contributed by atoms with van der Waals surface area (Å²) in [6.45, 7) is 2.54. The second kappa shape index (κ2) is 6.75. The molecule has 0 atom stereocenters. The molecule has 0 aliphatic heterocycles. The molecular weight excluding hydrogens is 242 g/mol. The molecule has 4 heteroatoms. The molecule has 4 nitrogen and oxygen atoms in total. The molecule has 0 amide bonds. The van der Waals surface area contributed by atoms with Crippen LogP contribution >= 0.6 is 0 Å². The van der Waals surface area contributed by atoms with E-state index >= 15 is 0 Å². The number of aryl methyl sites for hydroxylation is 1. The van der Waals surface area contributed by atoms with E-state index in [0.717, 1.165) is 11.3 Å². The normalized spacial score (nSPS) is 10.2. The van der Waals surface area contributed by atoms with Crippen LogP contribution in [-0.2, 0) is 11.3 Å². The average Bonchev–Trinajstić information content (AvgIpc) is 2.45. The van der Waals surface area contributed by atoms with Gasteiger partial charge in [-0.25, -0.2) is 4.98 Å².